The number of hydrogen-bond acceptors (Lipinski definition) is 2. The number of thioether (sulfide) groups is 1. The van der Waals surface area contributed by atoms with Crippen molar-refractivity contribution >= 4 is 11.8 Å². The predicted molar refractivity (Wildman–Crippen MR) is 57.9 cm³/mol. The average molecular weight is 190 g/mol. The quantitative estimate of drug-likeness (QED) is 0.627. The Morgan fingerprint density at radius 1 is 1.50 bits per heavy atom. The summed E-state index contributed by atoms with van der Waals surface area (Å²) in [6, 6.07) is 0. The van der Waals surface area contributed by atoms with Crippen LogP contribution in [0.4, 0.5) is 0 Å². The molecule has 0 aliphatic carbocycles. The smallest absolute Gasteiger partial charge is 0.0742 e. The number of rotatable bonds is 1. The fraction of sp³-hybridized carbons (Fsp3) is 1.00. The van der Waals surface area contributed by atoms with E-state index in [1.54, 1.807) is 0 Å². The molecule has 1 fully saturated rings. The van der Waals surface area contributed by atoms with Gasteiger partial charge in [-0.05, 0) is 13.3 Å². The van der Waals surface area contributed by atoms with E-state index in [2.05, 4.69) is 20.8 Å². The number of hydrogen-bond donors (Lipinski definition) is 0. The molecule has 1 aliphatic heterocycles. The van der Waals surface area contributed by atoms with Gasteiger partial charge >= 0.3 is 0 Å². The first-order valence-corrected chi connectivity index (χ1v) is 5.97. The lowest BCUT2D eigenvalue weighted by Crippen LogP contribution is -2.38. The Balaban J connectivity index is 0.000000561. The molecule has 2 atom stereocenters. The van der Waals surface area contributed by atoms with Gasteiger partial charge in [-0.2, -0.15) is 11.8 Å². The zero-order chi connectivity index (χ0) is 9.61. The van der Waals surface area contributed by atoms with Crippen molar-refractivity contribution in [2.45, 2.75) is 51.9 Å². The lowest BCUT2D eigenvalue weighted by Gasteiger charge is -2.35. The summed E-state index contributed by atoms with van der Waals surface area (Å²) in [5, 5.41) is 0.694. The van der Waals surface area contributed by atoms with Crippen molar-refractivity contribution in [3.05, 3.63) is 0 Å². The van der Waals surface area contributed by atoms with Crippen LogP contribution in [0.2, 0.25) is 0 Å². The molecule has 2 heteroatoms. The molecule has 1 heterocycles. The van der Waals surface area contributed by atoms with E-state index in [9.17, 15) is 0 Å². The molecule has 0 radical (unpaired) electrons. The van der Waals surface area contributed by atoms with E-state index in [0.29, 0.717) is 5.25 Å². The second kappa shape index (κ2) is 5.87. The Morgan fingerprint density at radius 3 is 2.42 bits per heavy atom. The minimum atomic E-state index is 0.164. The lowest BCUT2D eigenvalue weighted by atomic mass is 10.1. The van der Waals surface area contributed by atoms with Gasteiger partial charge in [-0.3, -0.25) is 0 Å². The maximum atomic E-state index is 5.71. The largest absolute Gasteiger partial charge is 0.373 e. The van der Waals surface area contributed by atoms with Crippen LogP contribution in [0, 0.1) is 0 Å². The minimum absolute atomic E-state index is 0.164. The Bertz CT molecular complexity index is 106. The van der Waals surface area contributed by atoms with Crippen LogP contribution in [0.15, 0.2) is 0 Å². The maximum Gasteiger partial charge on any atom is 0.0742 e. The van der Waals surface area contributed by atoms with Crippen molar-refractivity contribution in [2.75, 3.05) is 12.4 Å². The van der Waals surface area contributed by atoms with Gasteiger partial charge in [0.2, 0.25) is 0 Å². The fourth-order valence-corrected chi connectivity index (χ4v) is 2.02. The third-order valence-corrected chi connectivity index (χ3v) is 3.57. The van der Waals surface area contributed by atoms with Gasteiger partial charge < -0.3 is 4.74 Å². The normalized spacial score (nSPS) is 35.2. The summed E-state index contributed by atoms with van der Waals surface area (Å²) in [6.07, 6.45) is 1.13. The number of ether oxygens (including phenoxy) is 1. The standard InChI is InChI=1S/C8H16OS.C2H6/c1-4-8(3)6-10-7(2)5-9-8;1-2/h7H,4-6H2,1-3H3;1-2H3/t7-,8?;/m1./s1. The second-order valence-corrected chi connectivity index (χ2v) is 4.66. The Kier molecular flexibility index (Phi) is 6.02. The molecule has 0 bridgehead atoms. The van der Waals surface area contributed by atoms with E-state index in [4.69, 9.17) is 4.74 Å². The lowest BCUT2D eigenvalue weighted by molar-refractivity contribution is -0.0205. The van der Waals surface area contributed by atoms with Gasteiger partial charge in [0.05, 0.1) is 12.2 Å². The average Bonchev–Trinajstić information content (AvgIpc) is 2.14. The van der Waals surface area contributed by atoms with Crippen molar-refractivity contribution in [2.24, 2.45) is 0 Å². The molecule has 0 aromatic carbocycles. The first kappa shape index (κ1) is 12.3. The van der Waals surface area contributed by atoms with Gasteiger partial charge in [0.25, 0.3) is 0 Å². The van der Waals surface area contributed by atoms with Crippen LogP contribution in [-0.4, -0.2) is 23.2 Å². The highest BCUT2D eigenvalue weighted by Gasteiger charge is 2.28. The molecule has 0 amide bonds. The SMILES string of the molecule is CC.CCC1(C)CS[C@H](C)CO1. The molecule has 1 nitrogen and oxygen atoms in total. The molecule has 0 aromatic rings. The van der Waals surface area contributed by atoms with E-state index in [1.807, 2.05) is 25.6 Å². The van der Waals surface area contributed by atoms with Crippen LogP contribution in [-0.2, 0) is 4.74 Å². The summed E-state index contributed by atoms with van der Waals surface area (Å²) in [5.74, 6) is 1.16. The van der Waals surface area contributed by atoms with Gasteiger partial charge in [-0.15, -0.1) is 0 Å². The van der Waals surface area contributed by atoms with Gasteiger partial charge in [0.15, 0.2) is 0 Å². The fourth-order valence-electron chi connectivity index (χ4n) is 0.931. The maximum absolute atomic E-state index is 5.71. The summed E-state index contributed by atoms with van der Waals surface area (Å²) in [5.41, 5.74) is 0.164. The van der Waals surface area contributed by atoms with Crippen molar-refractivity contribution < 1.29 is 4.74 Å². The summed E-state index contributed by atoms with van der Waals surface area (Å²) in [6.45, 7) is 11.5. The second-order valence-electron chi connectivity index (χ2n) is 3.24. The molecular formula is C10H22OS. The third-order valence-electron chi connectivity index (χ3n) is 2.09. The van der Waals surface area contributed by atoms with Gasteiger partial charge in [0.1, 0.15) is 0 Å². The molecule has 0 aromatic heterocycles. The zero-order valence-electron chi connectivity index (χ0n) is 9.02. The minimum Gasteiger partial charge on any atom is -0.373 e. The summed E-state index contributed by atoms with van der Waals surface area (Å²) < 4.78 is 5.71. The Hall–Kier alpha value is 0.310. The molecular weight excluding hydrogens is 168 g/mol. The Labute approximate surface area is 81.3 Å². The van der Waals surface area contributed by atoms with Crippen molar-refractivity contribution in [3.63, 3.8) is 0 Å². The van der Waals surface area contributed by atoms with Gasteiger partial charge in [0, 0.05) is 11.0 Å². The molecule has 1 saturated heterocycles. The van der Waals surface area contributed by atoms with E-state index >= 15 is 0 Å². The summed E-state index contributed by atoms with van der Waals surface area (Å²) in [7, 11) is 0. The molecule has 74 valence electrons. The summed E-state index contributed by atoms with van der Waals surface area (Å²) >= 11 is 2.02. The highest BCUT2D eigenvalue weighted by atomic mass is 32.2. The van der Waals surface area contributed by atoms with E-state index in [1.165, 1.54) is 0 Å². The summed E-state index contributed by atoms with van der Waals surface area (Å²) in [4.78, 5) is 0. The van der Waals surface area contributed by atoms with Crippen molar-refractivity contribution in [3.8, 4) is 0 Å². The predicted octanol–water partition coefficient (Wildman–Crippen LogP) is 3.33. The van der Waals surface area contributed by atoms with Crippen LogP contribution in [0.5, 0.6) is 0 Å². The third kappa shape index (κ3) is 3.81. The molecule has 12 heavy (non-hydrogen) atoms. The Morgan fingerprint density at radius 2 is 2.08 bits per heavy atom. The van der Waals surface area contributed by atoms with E-state index in [-0.39, 0.29) is 5.60 Å². The van der Waals surface area contributed by atoms with Crippen LogP contribution in [0.3, 0.4) is 0 Å². The van der Waals surface area contributed by atoms with E-state index < -0.39 is 0 Å². The van der Waals surface area contributed by atoms with Crippen LogP contribution in [0.1, 0.15) is 41.0 Å². The molecule has 1 unspecified atom stereocenters. The molecule has 0 spiro atoms. The van der Waals surface area contributed by atoms with Crippen molar-refractivity contribution in [1.29, 1.82) is 0 Å². The first-order chi connectivity index (χ1) is 5.66. The first-order valence-electron chi connectivity index (χ1n) is 4.92. The molecule has 0 N–H and O–H groups in total. The van der Waals surface area contributed by atoms with Crippen LogP contribution >= 0.6 is 11.8 Å². The molecule has 0 saturated carbocycles. The zero-order valence-corrected chi connectivity index (χ0v) is 9.83. The van der Waals surface area contributed by atoms with Crippen molar-refractivity contribution in [1.82, 2.24) is 0 Å². The monoisotopic (exact) mass is 190 g/mol. The van der Waals surface area contributed by atoms with Gasteiger partial charge in [-0.25, -0.2) is 0 Å². The van der Waals surface area contributed by atoms with Gasteiger partial charge in [-0.1, -0.05) is 27.7 Å². The highest BCUT2D eigenvalue weighted by Crippen LogP contribution is 2.29. The van der Waals surface area contributed by atoms with Crippen LogP contribution in [0.25, 0.3) is 0 Å². The van der Waals surface area contributed by atoms with Crippen LogP contribution < -0.4 is 0 Å². The highest BCUT2D eigenvalue weighted by molar-refractivity contribution is 8.00. The van der Waals surface area contributed by atoms with E-state index in [0.717, 1.165) is 18.8 Å². The molecule has 1 aliphatic rings. The molecule has 1 rings (SSSR count). The topological polar surface area (TPSA) is 9.23 Å².